The number of anilines is 1. The first kappa shape index (κ1) is 25.8. The number of ether oxygens (including phenoxy) is 1. The molecule has 3 atom stereocenters. The van der Waals surface area contributed by atoms with Crippen LogP contribution in [0.3, 0.4) is 0 Å². The number of aromatic nitrogens is 7. The molecule has 1 N–H and O–H groups in total. The molecule has 0 saturated carbocycles. The summed E-state index contributed by atoms with van der Waals surface area (Å²) in [6.45, 7) is 1.80. The lowest BCUT2D eigenvalue weighted by Gasteiger charge is -2.38. The van der Waals surface area contributed by atoms with Crippen molar-refractivity contribution in [2.45, 2.75) is 70.1 Å². The predicted molar refractivity (Wildman–Crippen MR) is 138 cm³/mol. The van der Waals surface area contributed by atoms with Crippen molar-refractivity contribution in [2.75, 3.05) is 18.1 Å². The number of hydrogen-bond donors (Lipinski definition) is 1. The fraction of sp³-hybridized carbons (Fsp3) is 0.538. The van der Waals surface area contributed by atoms with Gasteiger partial charge in [-0.15, -0.1) is 0 Å². The van der Waals surface area contributed by atoms with Crippen LogP contribution < -0.4 is 4.90 Å². The van der Waals surface area contributed by atoms with Gasteiger partial charge in [0.15, 0.2) is 6.23 Å². The van der Waals surface area contributed by atoms with Crippen LogP contribution in [0, 0.1) is 0 Å². The third-order valence-electron chi connectivity index (χ3n) is 7.59. The minimum atomic E-state index is -4.50. The molecular weight excluding hydrogens is 513 g/mol. The number of piperidine rings is 1. The lowest BCUT2D eigenvalue weighted by molar-refractivity contribution is -0.141. The molecule has 0 amide bonds. The van der Waals surface area contributed by atoms with Crippen LogP contribution in [0.4, 0.5) is 18.9 Å². The molecule has 2 saturated heterocycles. The van der Waals surface area contributed by atoms with E-state index in [4.69, 9.17) is 9.72 Å². The molecule has 39 heavy (non-hydrogen) atoms. The molecule has 0 aromatic carbocycles. The van der Waals surface area contributed by atoms with E-state index in [1.807, 2.05) is 19.1 Å². The van der Waals surface area contributed by atoms with Gasteiger partial charge in [0.05, 0.1) is 28.9 Å². The fourth-order valence-electron chi connectivity index (χ4n) is 5.75. The van der Waals surface area contributed by atoms with Gasteiger partial charge in [-0.05, 0) is 57.2 Å². The van der Waals surface area contributed by atoms with Crippen LogP contribution in [-0.4, -0.2) is 70.9 Å². The first-order valence-electron chi connectivity index (χ1n) is 13.3. The van der Waals surface area contributed by atoms with Crippen LogP contribution in [0.2, 0.25) is 0 Å². The zero-order valence-electron chi connectivity index (χ0n) is 21.8. The Hall–Kier alpha value is -3.45. The van der Waals surface area contributed by atoms with Crippen molar-refractivity contribution < 1.29 is 23.0 Å². The van der Waals surface area contributed by atoms with E-state index in [9.17, 15) is 18.3 Å². The summed E-state index contributed by atoms with van der Waals surface area (Å²) in [5.41, 5.74) is 3.41. The van der Waals surface area contributed by atoms with Gasteiger partial charge in [0, 0.05) is 38.6 Å². The quantitative estimate of drug-likeness (QED) is 0.400. The Labute approximate surface area is 223 Å². The molecule has 0 radical (unpaired) electrons. The molecule has 0 aliphatic carbocycles. The molecule has 10 nitrogen and oxygen atoms in total. The lowest BCUT2D eigenvalue weighted by Crippen LogP contribution is -2.43. The third-order valence-corrected chi connectivity index (χ3v) is 7.59. The molecule has 1 unspecified atom stereocenters. The highest BCUT2D eigenvalue weighted by atomic mass is 19.4. The number of nitrogens with zero attached hydrogens (tertiary/aromatic N) is 8. The van der Waals surface area contributed by atoms with E-state index < -0.39 is 18.8 Å². The SMILES string of the molecule is C[C@@H]1C[C@@H](O)CCN1c1cc(-c2ccnn2C)nc2c(-c3ccnn3C3CCCCO3)nn(CC(F)(F)F)c12. The molecule has 6 rings (SSSR count). The van der Waals surface area contributed by atoms with Crippen molar-refractivity contribution in [3.05, 3.63) is 30.6 Å². The molecule has 0 bridgehead atoms. The summed E-state index contributed by atoms with van der Waals surface area (Å²) < 4.78 is 52.0. The Bertz CT molecular complexity index is 1470. The number of pyridine rings is 1. The average Bonchev–Trinajstić information content (AvgIpc) is 3.62. The molecule has 4 aromatic rings. The van der Waals surface area contributed by atoms with Crippen molar-refractivity contribution in [3.8, 4) is 22.8 Å². The third kappa shape index (κ3) is 4.89. The van der Waals surface area contributed by atoms with E-state index in [1.165, 1.54) is 0 Å². The monoisotopic (exact) mass is 544 g/mol. The van der Waals surface area contributed by atoms with Gasteiger partial charge in [-0.1, -0.05) is 0 Å². The Morgan fingerprint density at radius 3 is 2.59 bits per heavy atom. The van der Waals surface area contributed by atoms with E-state index in [2.05, 4.69) is 20.2 Å². The lowest BCUT2D eigenvalue weighted by atomic mass is 9.99. The Kier molecular flexibility index (Phi) is 6.58. The maximum atomic E-state index is 13.9. The Balaban J connectivity index is 1.61. The zero-order chi connectivity index (χ0) is 27.3. The highest BCUT2D eigenvalue weighted by Gasteiger charge is 2.35. The standard InChI is InChI=1S/C26H31F3N8O2/c1-16-13-17(38)8-11-35(16)21-14-18(19-6-9-30-34(19)2)32-24-23(33-36(25(21)24)15-26(27,28)29)20-7-10-31-37(20)22-5-3-4-12-39-22/h6-7,9-10,14,16-17,22,38H,3-5,8,11-13,15H2,1-2H3/t16-,17+,22?/m1/s1. The maximum Gasteiger partial charge on any atom is 0.408 e. The van der Waals surface area contributed by atoms with Crippen LogP contribution in [0.5, 0.6) is 0 Å². The van der Waals surface area contributed by atoms with Gasteiger partial charge in [-0.25, -0.2) is 9.67 Å². The van der Waals surface area contributed by atoms with Gasteiger partial charge in [-0.2, -0.15) is 28.5 Å². The van der Waals surface area contributed by atoms with Crippen LogP contribution in [-0.2, 0) is 18.3 Å². The number of aliphatic hydroxyl groups excluding tert-OH is 1. The Morgan fingerprint density at radius 1 is 1.10 bits per heavy atom. The van der Waals surface area contributed by atoms with Crippen LogP contribution in [0.1, 0.15) is 45.3 Å². The summed E-state index contributed by atoms with van der Waals surface area (Å²) in [6, 6.07) is 5.28. The van der Waals surface area contributed by atoms with E-state index in [0.717, 1.165) is 29.6 Å². The van der Waals surface area contributed by atoms with Crippen LogP contribution >= 0.6 is 0 Å². The maximum absolute atomic E-state index is 13.9. The van der Waals surface area contributed by atoms with Crippen molar-refractivity contribution in [3.63, 3.8) is 0 Å². The minimum absolute atomic E-state index is 0.0995. The second-order valence-electron chi connectivity index (χ2n) is 10.4. The first-order valence-corrected chi connectivity index (χ1v) is 13.3. The van der Waals surface area contributed by atoms with Gasteiger partial charge >= 0.3 is 6.18 Å². The first-order chi connectivity index (χ1) is 18.7. The minimum Gasteiger partial charge on any atom is -0.393 e. The molecule has 4 aromatic heterocycles. The molecule has 2 fully saturated rings. The van der Waals surface area contributed by atoms with Crippen molar-refractivity contribution in [1.29, 1.82) is 0 Å². The molecule has 13 heteroatoms. The number of halogens is 3. The van der Waals surface area contributed by atoms with E-state index >= 15 is 0 Å². The molecule has 2 aliphatic rings. The van der Waals surface area contributed by atoms with Crippen LogP contribution in [0.15, 0.2) is 30.6 Å². The summed E-state index contributed by atoms with van der Waals surface area (Å²) in [7, 11) is 1.80. The number of rotatable bonds is 5. The summed E-state index contributed by atoms with van der Waals surface area (Å²) >= 11 is 0. The number of alkyl halides is 3. The van der Waals surface area contributed by atoms with E-state index in [-0.39, 0.29) is 12.3 Å². The van der Waals surface area contributed by atoms with Crippen molar-refractivity contribution >= 4 is 16.7 Å². The largest absolute Gasteiger partial charge is 0.408 e. The molecule has 6 heterocycles. The average molecular weight is 545 g/mol. The second-order valence-corrected chi connectivity index (χ2v) is 10.4. The van der Waals surface area contributed by atoms with Gasteiger partial charge in [0.2, 0.25) is 0 Å². The number of hydrogen-bond acceptors (Lipinski definition) is 7. The van der Waals surface area contributed by atoms with E-state index in [0.29, 0.717) is 59.8 Å². The summed E-state index contributed by atoms with van der Waals surface area (Å²) in [6.07, 6.45) is 1.70. The van der Waals surface area contributed by atoms with Gasteiger partial charge in [-0.3, -0.25) is 9.36 Å². The molecular formula is C26H31F3N8O2. The second kappa shape index (κ2) is 9.94. The number of fused-ring (bicyclic) bond motifs is 1. The van der Waals surface area contributed by atoms with Gasteiger partial charge in [0.1, 0.15) is 23.3 Å². The predicted octanol–water partition coefficient (Wildman–Crippen LogP) is 4.31. The van der Waals surface area contributed by atoms with Crippen LogP contribution in [0.25, 0.3) is 33.8 Å². The van der Waals surface area contributed by atoms with Gasteiger partial charge in [0.25, 0.3) is 0 Å². The Morgan fingerprint density at radius 2 is 1.90 bits per heavy atom. The molecule has 208 valence electrons. The highest BCUT2D eigenvalue weighted by molar-refractivity contribution is 5.99. The highest BCUT2D eigenvalue weighted by Crippen LogP contribution is 2.40. The van der Waals surface area contributed by atoms with E-state index in [1.54, 1.807) is 34.9 Å². The summed E-state index contributed by atoms with van der Waals surface area (Å²) in [5.74, 6) is 0. The summed E-state index contributed by atoms with van der Waals surface area (Å²) in [5, 5.41) is 23.5. The van der Waals surface area contributed by atoms with Gasteiger partial charge < -0.3 is 14.7 Å². The normalized spacial score (nSPS) is 22.6. The topological polar surface area (TPSA) is 99.1 Å². The summed E-state index contributed by atoms with van der Waals surface area (Å²) in [4.78, 5) is 6.95. The zero-order valence-corrected chi connectivity index (χ0v) is 21.8. The molecule has 2 aliphatic heterocycles. The fourth-order valence-corrected chi connectivity index (χ4v) is 5.75. The number of aliphatic hydroxyl groups is 1. The number of aryl methyl sites for hydroxylation is 1. The molecule has 0 spiro atoms. The van der Waals surface area contributed by atoms with Crippen molar-refractivity contribution in [1.82, 2.24) is 34.3 Å². The van der Waals surface area contributed by atoms with Crippen molar-refractivity contribution in [2.24, 2.45) is 7.05 Å². The smallest absolute Gasteiger partial charge is 0.393 e.